The number of rotatable bonds is 5. The molecule has 0 aliphatic carbocycles. The van der Waals surface area contributed by atoms with Crippen LogP contribution in [-0.2, 0) is 6.54 Å². The van der Waals surface area contributed by atoms with Crippen molar-refractivity contribution in [1.29, 1.82) is 0 Å². The molecule has 4 aromatic carbocycles. The molecule has 6 rings (SSSR count). The number of nitrogens with one attached hydrogen (secondary N) is 1. The van der Waals surface area contributed by atoms with Crippen LogP contribution in [0, 0.1) is 6.92 Å². The molecule has 1 aromatic heterocycles. The number of carbonyl (C=O) groups excluding carboxylic acids is 1. The molecule has 0 saturated carbocycles. The highest BCUT2D eigenvalue weighted by Crippen LogP contribution is 2.40. The molecular formula is C33H28N2O3. The third kappa shape index (κ3) is 3.97. The average Bonchev–Trinajstić information content (AvgIpc) is 3.21. The van der Waals surface area contributed by atoms with Gasteiger partial charge in [0.1, 0.15) is 0 Å². The molecule has 0 radical (unpaired) electrons. The molecule has 2 N–H and O–H groups in total. The quantitative estimate of drug-likeness (QED) is 0.262. The van der Waals surface area contributed by atoms with Gasteiger partial charge in [-0.15, -0.1) is 0 Å². The highest BCUT2D eigenvalue weighted by atomic mass is 16.4. The molecule has 5 nitrogen and oxygen atoms in total. The van der Waals surface area contributed by atoms with Crippen molar-refractivity contribution in [3.05, 3.63) is 119 Å². The number of aromatic nitrogens is 1. The van der Waals surface area contributed by atoms with Crippen LogP contribution in [0.4, 0.5) is 0 Å². The van der Waals surface area contributed by atoms with Gasteiger partial charge < -0.3 is 15.0 Å². The summed E-state index contributed by atoms with van der Waals surface area (Å²) >= 11 is 0. The van der Waals surface area contributed by atoms with Gasteiger partial charge in [0.05, 0.1) is 17.3 Å². The van der Waals surface area contributed by atoms with Crippen LogP contribution in [0.3, 0.4) is 0 Å². The summed E-state index contributed by atoms with van der Waals surface area (Å²) in [5.41, 5.74) is 8.89. The molecule has 5 aromatic rings. The Labute approximate surface area is 221 Å². The maximum atomic E-state index is 13.3. The van der Waals surface area contributed by atoms with E-state index in [9.17, 15) is 14.7 Å². The molecule has 1 aliphatic heterocycles. The highest BCUT2D eigenvalue weighted by molar-refractivity contribution is 6.02. The number of aromatic carboxylic acids is 1. The van der Waals surface area contributed by atoms with E-state index in [-0.39, 0.29) is 17.5 Å². The minimum Gasteiger partial charge on any atom is -0.478 e. The molecule has 1 aliphatic rings. The summed E-state index contributed by atoms with van der Waals surface area (Å²) in [6.45, 7) is 4.77. The molecule has 1 amide bonds. The van der Waals surface area contributed by atoms with Gasteiger partial charge in [-0.25, -0.2) is 4.79 Å². The Hall–Kier alpha value is -4.64. The zero-order chi connectivity index (χ0) is 26.4. The van der Waals surface area contributed by atoms with Crippen molar-refractivity contribution in [2.75, 3.05) is 0 Å². The summed E-state index contributed by atoms with van der Waals surface area (Å²) in [4.78, 5) is 25.3. The first-order valence-corrected chi connectivity index (χ1v) is 12.9. The Morgan fingerprint density at radius 3 is 2.39 bits per heavy atom. The molecule has 2 bridgehead atoms. The van der Waals surface area contributed by atoms with E-state index in [1.807, 2.05) is 66.7 Å². The van der Waals surface area contributed by atoms with Crippen molar-refractivity contribution in [2.24, 2.45) is 0 Å². The standard InChI is InChI=1S/C33H28N2O3/c1-3-29(21-9-5-4-6-10-21)34-32(36)22-13-14-30-28(18-22)20(2)31-25-15-24(16-26(17-25)33(37)38)27-12-8-7-11-23(27)19-35(30)31/h4-18,29H,3,19H2,1-2H3,(H,34,36)(H,37,38)/t29-/m1/s1. The van der Waals surface area contributed by atoms with Crippen LogP contribution in [0.5, 0.6) is 0 Å². The fourth-order valence-corrected chi connectivity index (χ4v) is 5.70. The number of carboxylic acids is 1. The van der Waals surface area contributed by atoms with Crippen LogP contribution in [-0.4, -0.2) is 21.6 Å². The smallest absolute Gasteiger partial charge is 0.335 e. The van der Waals surface area contributed by atoms with Crippen molar-refractivity contribution < 1.29 is 14.7 Å². The van der Waals surface area contributed by atoms with Crippen molar-refractivity contribution in [3.63, 3.8) is 0 Å². The SMILES string of the molecule is CC[C@@H](NC(=O)c1ccc2c(c1)c(C)c1n2Cc2ccccc2-c2cc(C(=O)O)cc-1c2)c1ccccc1. The molecule has 0 fully saturated rings. The van der Waals surface area contributed by atoms with Crippen LogP contribution in [0.25, 0.3) is 33.3 Å². The number of aryl methyl sites for hydroxylation is 1. The third-order valence-corrected chi connectivity index (χ3v) is 7.60. The van der Waals surface area contributed by atoms with E-state index < -0.39 is 5.97 Å². The lowest BCUT2D eigenvalue weighted by Gasteiger charge is -2.20. The molecule has 5 heteroatoms. The lowest BCUT2D eigenvalue weighted by molar-refractivity contribution is 0.0696. The third-order valence-electron chi connectivity index (χ3n) is 7.60. The summed E-state index contributed by atoms with van der Waals surface area (Å²) in [6.07, 6.45) is 0.791. The number of carboxylic acid groups (broad SMARTS) is 1. The number of hydrogen-bond donors (Lipinski definition) is 2. The second kappa shape index (κ2) is 9.34. The Morgan fingerprint density at radius 2 is 1.63 bits per heavy atom. The fourth-order valence-electron chi connectivity index (χ4n) is 5.70. The molecule has 0 spiro atoms. The summed E-state index contributed by atoms with van der Waals surface area (Å²) in [6, 6.07) is 29.5. The van der Waals surface area contributed by atoms with Crippen molar-refractivity contribution >= 4 is 22.8 Å². The molecule has 38 heavy (non-hydrogen) atoms. The first-order valence-electron chi connectivity index (χ1n) is 12.9. The van der Waals surface area contributed by atoms with Crippen molar-refractivity contribution in [2.45, 2.75) is 32.9 Å². The zero-order valence-electron chi connectivity index (χ0n) is 21.4. The van der Waals surface area contributed by atoms with E-state index in [1.54, 1.807) is 12.1 Å². The second-order valence-corrected chi connectivity index (χ2v) is 9.90. The summed E-state index contributed by atoms with van der Waals surface area (Å²) in [5, 5.41) is 14.0. The molecule has 1 atom stereocenters. The Kier molecular flexibility index (Phi) is 5.84. The maximum Gasteiger partial charge on any atom is 0.335 e. The van der Waals surface area contributed by atoms with Crippen LogP contribution in [0.15, 0.2) is 91.0 Å². The predicted octanol–water partition coefficient (Wildman–Crippen LogP) is 7.22. The van der Waals surface area contributed by atoms with Gasteiger partial charge in [-0.05, 0) is 83.1 Å². The van der Waals surface area contributed by atoms with E-state index in [0.717, 1.165) is 56.4 Å². The van der Waals surface area contributed by atoms with E-state index >= 15 is 0 Å². The maximum absolute atomic E-state index is 13.3. The Balaban J connectivity index is 1.48. The molecule has 0 saturated heterocycles. The van der Waals surface area contributed by atoms with Crippen LogP contribution in [0.2, 0.25) is 0 Å². The molecule has 2 heterocycles. The molecule has 0 unspecified atom stereocenters. The first kappa shape index (κ1) is 23.7. The van der Waals surface area contributed by atoms with Crippen LogP contribution < -0.4 is 5.32 Å². The van der Waals surface area contributed by atoms with Crippen molar-refractivity contribution in [3.8, 4) is 22.4 Å². The van der Waals surface area contributed by atoms with E-state index in [1.165, 1.54) is 0 Å². The summed E-state index contributed by atoms with van der Waals surface area (Å²) in [7, 11) is 0. The lowest BCUT2D eigenvalue weighted by atomic mass is 9.92. The van der Waals surface area contributed by atoms with Gasteiger partial charge in [0.15, 0.2) is 0 Å². The minimum atomic E-state index is -0.950. The topological polar surface area (TPSA) is 71.3 Å². The minimum absolute atomic E-state index is 0.0663. The van der Waals surface area contributed by atoms with E-state index in [4.69, 9.17) is 0 Å². The fraction of sp³-hybridized carbons (Fsp3) is 0.152. The van der Waals surface area contributed by atoms with Crippen LogP contribution in [0.1, 0.15) is 56.8 Å². The van der Waals surface area contributed by atoms with E-state index in [2.05, 4.69) is 35.9 Å². The molecule has 188 valence electrons. The van der Waals surface area contributed by atoms with E-state index in [0.29, 0.717) is 12.1 Å². The number of nitrogens with zero attached hydrogens (tertiary/aromatic N) is 1. The van der Waals surface area contributed by atoms with Gasteiger partial charge in [0.2, 0.25) is 0 Å². The van der Waals surface area contributed by atoms with Gasteiger partial charge >= 0.3 is 5.97 Å². The summed E-state index contributed by atoms with van der Waals surface area (Å²) < 4.78 is 2.24. The van der Waals surface area contributed by atoms with Crippen molar-refractivity contribution in [1.82, 2.24) is 9.88 Å². The van der Waals surface area contributed by atoms with Crippen LogP contribution >= 0.6 is 0 Å². The van der Waals surface area contributed by atoms with Gasteiger partial charge in [0, 0.05) is 23.0 Å². The average molecular weight is 501 g/mol. The second-order valence-electron chi connectivity index (χ2n) is 9.90. The number of carbonyl (C=O) groups is 2. The first-order chi connectivity index (χ1) is 18.4. The normalized spacial score (nSPS) is 12.7. The van der Waals surface area contributed by atoms with Gasteiger partial charge in [-0.1, -0.05) is 61.5 Å². The number of benzene rings is 4. The zero-order valence-corrected chi connectivity index (χ0v) is 21.4. The highest BCUT2D eigenvalue weighted by Gasteiger charge is 2.23. The Morgan fingerprint density at radius 1 is 0.895 bits per heavy atom. The predicted molar refractivity (Wildman–Crippen MR) is 151 cm³/mol. The number of fused-ring (bicyclic) bond motifs is 8. The number of amides is 1. The summed E-state index contributed by atoms with van der Waals surface area (Å²) in [5.74, 6) is -1.06. The molecular weight excluding hydrogens is 472 g/mol. The van der Waals surface area contributed by atoms with Gasteiger partial charge in [-0.3, -0.25) is 4.79 Å². The monoisotopic (exact) mass is 500 g/mol. The Bertz CT molecular complexity index is 1720. The van der Waals surface area contributed by atoms with Gasteiger partial charge in [-0.2, -0.15) is 0 Å². The largest absolute Gasteiger partial charge is 0.478 e. The number of hydrogen-bond acceptors (Lipinski definition) is 2. The lowest BCUT2D eigenvalue weighted by Crippen LogP contribution is -2.28. The van der Waals surface area contributed by atoms with Gasteiger partial charge in [0.25, 0.3) is 5.91 Å².